The van der Waals surface area contributed by atoms with E-state index in [-0.39, 0.29) is 18.4 Å². The zero-order valence-corrected chi connectivity index (χ0v) is 8.69. The minimum Gasteiger partial charge on any atom is -0.482 e. The van der Waals surface area contributed by atoms with Crippen molar-refractivity contribution in [2.75, 3.05) is 19.0 Å². The molecule has 0 aliphatic carbocycles. The average molecular weight is 221 g/mol. The van der Waals surface area contributed by atoms with Crippen molar-refractivity contribution in [3.63, 3.8) is 0 Å². The minimum absolute atomic E-state index is 0.00289. The van der Waals surface area contributed by atoms with Crippen molar-refractivity contribution in [1.29, 1.82) is 0 Å². The van der Waals surface area contributed by atoms with Crippen LogP contribution in [0.4, 0.5) is 5.69 Å². The van der Waals surface area contributed by atoms with Crippen molar-refractivity contribution in [3.05, 3.63) is 23.8 Å². The lowest BCUT2D eigenvalue weighted by Crippen LogP contribution is -2.33. The molecule has 16 heavy (non-hydrogen) atoms. The van der Waals surface area contributed by atoms with Crippen LogP contribution >= 0.6 is 0 Å². The molecular weight excluding hydrogens is 210 g/mol. The van der Waals surface area contributed by atoms with Gasteiger partial charge in [-0.2, -0.15) is 0 Å². The molecular formula is C10H11N3O3. The van der Waals surface area contributed by atoms with Gasteiger partial charge < -0.3 is 10.1 Å². The monoisotopic (exact) mass is 221 g/mol. The summed E-state index contributed by atoms with van der Waals surface area (Å²) in [4.78, 5) is 22.6. The summed E-state index contributed by atoms with van der Waals surface area (Å²) in [5.41, 5.74) is 0.888. The van der Waals surface area contributed by atoms with E-state index in [1.54, 1.807) is 12.1 Å². The Kier molecular flexibility index (Phi) is 2.49. The van der Waals surface area contributed by atoms with E-state index in [1.165, 1.54) is 13.1 Å². The fraction of sp³-hybridized carbons (Fsp3) is 0.200. The van der Waals surface area contributed by atoms with Crippen molar-refractivity contribution >= 4 is 17.5 Å². The number of benzene rings is 1. The fourth-order valence-corrected chi connectivity index (χ4v) is 1.42. The van der Waals surface area contributed by atoms with E-state index < -0.39 is 0 Å². The zero-order chi connectivity index (χ0) is 11.7. The van der Waals surface area contributed by atoms with Crippen molar-refractivity contribution < 1.29 is 14.3 Å². The molecule has 6 heteroatoms. The predicted octanol–water partition coefficient (Wildman–Crippen LogP) is -0.0368. The number of hydrogen-bond donors (Lipinski definition) is 2. The molecule has 0 saturated heterocycles. The van der Waals surface area contributed by atoms with Gasteiger partial charge in [0.15, 0.2) is 6.61 Å². The first-order valence-corrected chi connectivity index (χ1v) is 4.67. The number of carbonyl (C=O) groups excluding carboxylic acids is 2. The first-order chi connectivity index (χ1) is 7.58. The summed E-state index contributed by atoms with van der Waals surface area (Å²) in [6, 6.07) is 4.77. The number of hydrogen-bond acceptors (Lipinski definition) is 4. The van der Waals surface area contributed by atoms with Gasteiger partial charge in [0.2, 0.25) is 0 Å². The molecule has 84 valence electrons. The number of ether oxygens (including phenoxy) is 1. The van der Waals surface area contributed by atoms with Crippen LogP contribution in [0.3, 0.4) is 0 Å². The van der Waals surface area contributed by atoms with Gasteiger partial charge in [0.1, 0.15) is 5.75 Å². The Balaban J connectivity index is 2.35. The number of nitrogens with zero attached hydrogens (tertiary/aromatic N) is 1. The quantitative estimate of drug-likeness (QED) is 0.396. The van der Waals surface area contributed by atoms with Crippen LogP contribution in [0.25, 0.3) is 0 Å². The Labute approximate surface area is 91.9 Å². The second-order valence-electron chi connectivity index (χ2n) is 3.46. The van der Waals surface area contributed by atoms with Gasteiger partial charge in [-0.25, -0.2) is 5.84 Å². The van der Waals surface area contributed by atoms with Gasteiger partial charge in [-0.05, 0) is 18.2 Å². The highest BCUT2D eigenvalue weighted by Gasteiger charge is 2.18. The molecule has 1 aromatic carbocycles. The molecule has 0 aromatic heterocycles. The molecule has 0 fully saturated rings. The number of carbonyl (C=O) groups is 2. The van der Waals surface area contributed by atoms with Gasteiger partial charge in [0.25, 0.3) is 11.8 Å². The van der Waals surface area contributed by atoms with Crippen molar-refractivity contribution in [1.82, 2.24) is 5.01 Å². The summed E-state index contributed by atoms with van der Waals surface area (Å²) in [5.74, 6) is 5.32. The van der Waals surface area contributed by atoms with E-state index in [0.29, 0.717) is 17.0 Å². The number of fused-ring (bicyclic) bond motifs is 1. The SMILES string of the molecule is CN(N)C(=O)c1ccc2c(c1)NC(=O)CO2. The van der Waals surface area contributed by atoms with E-state index in [4.69, 9.17) is 10.6 Å². The van der Waals surface area contributed by atoms with Gasteiger partial charge in [-0.15, -0.1) is 0 Å². The van der Waals surface area contributed by atoms with Gasteiger partial charge >= 0.3 is 0 Å². The van der Waals surface area contributed by atoms with Gasteiger partial charge in [-0.3, -0.25) is 14.6 Å². The molecule has 0 saturated carbocycles. The van der Waals surface area contributed by atoms with E-state index >= 15 is 0 Å². The smallest absolute Gasteiger partial charge is 0.267 e. The highest BCUT2D eigenvalue weighted by atomic mass is 16.5. The zero-order valence-electron chi connectivity index (χ0n) is 8.69. The average Bonchev–Trinajstić information content (AvgIpc) is 2.26. The number of rotatable bonds is 1. The third-order valence-corrected chi connectivity index (χ3v) is 2.18. The van der Waals surface area contributed by atoms with E-state index in [2.05, 4.69) is 5.32 Å². The highest BCUT2D eigenvalue weighted by molar-refractivity contribution is 5.99. The maximum atomic E-state index is 11.6. The first kappa shape index (κ1) is 10.4. The summed E-state index contributed by atoms with van der Waals surface area (Å²) in [7, 11) is 1.46. The topological polar surface area (TPSA) is 84.7 Å². The van der Waals surface area contributed by atoms with Crippen LogP contribution in [-0.2, 0) is 4.79 Å². The maximum Gasteiger partial charge on any atom is 0.267 e. The summed E-state index contributed by atoms with van der Waals surface area (Å²) < 4.78 is 5.16. The first-order valence-electron chi connectivity index (χ1n) is 4.67. The number of anilines is 1. The Morgan fingerprint density at radius 1 is 1.56 bits per heavy atom. The Morgan fingerprint density at radius 2 is 2.31 bits per heavy atom. The molecule has 3 N–H and O–H groups in total. The molecule has 0 unspecified atom stereocenters. The molecule has 2 rings (SSSR count). The van der Waals surface area contributed by atoms with E-state index in [1.807, 2.05) is 0 Å². The second-order valence-corrected chi connectivity index (χ2v) is 3.46. The Bertz CT molecular complexity index is 457. The number of amides is 2. The number of nitrogens with two attached hydrogens (primary N) is 1. The molecule has 0 radical (unpaired) electrons. The molecule has 0 bridgehead atoms. The van der Waals surface area contributed by atoms with E-state index in [9.17, 15) is 9.59 Å². The molecule has 1 aromatic rings. The number of nitrogens with one attached hydrogen (secondary N) is 1. The highest BCUT2D eigenvalue weighted by Crippen LogP contribution is 2.28. The van der Waals surface area contributed by atoms with Crippen LogP contribution in [-0.4, -0.2) is 30.5 Å². The largest absolute Gasteiger partial charge is 0.482 e. The third-order valence-electron chi connectivity index (χ3n) is 2.18. The van der Waals surface area contributed by atoms with Crippen LogP contribution in [0.1, 0.15) is 10.4 Å². The Hall–Kier alpha value is -2.08. The van der Waals surface area contributed by atoms with Crippen LogP contribution in [0.15, 0.2) is 18.2 Å². The second kappa shape index (κ2) is 3.82. The molecule has 0 spiro atoms. The van der Waals surface area contributed by atoms with Crippen molar-refractivity contribution in [3.8, 4) is 5.75 Å². The van der Waals surface area contributed by atoms with Crippen molar-refractivity contribution in [2.45, 2.75) is 0 Å². The summed E-state index contributed by atoms with van der Waals surface area (Å²) in [6.07, 6.45) is 0. The summed E-state index contributed by atoms with van der Waals surface area (Å²) in [6.45, 7) is -0.00289. The molecule has 6 nitrogen and oxygen atoms in total. The van der Waals surface area contributed by atoms with E-state index in [0.717, 1.165) is 5.01 Å². The Morgan fingerprint density at radius 3 is 3.00 bits per heavy atom. The summed E-state index contributed by atoms with van der Waals surface area (Å²) in [5, 5.41) is 3.60. The molecule has 0 atom stereocenters. The molecule has 1 aliphatic heterocycles. The number of hydrazine groups is 1. The fourth-order valence-electron chi connectivity index (χ4n) is 1.42. The third kappa shape index (κ3) is 1.82. The van der Waals surface area contributed by atoms with Crippen LogP contribution < -0.4 is 15.9 Å². The normalized spacial score (nSPS) is 13.5. The molecule has 1 aliphatic rings. The summed E-state index contributed by atoms with van der Waals surface area (Å²) >= 11 is 0. The van der Waals surface area contributed by atoms with Crippen LogP contribution in [0.5, 0.6) is 5.75 Å². The standard InChI is InChI=1S/C10H11N3O3/c1-13(11)10(15)6-2-3-8-7(4-6)12-9(14)5-16-8/h2-4H,5,11H2,1H3,(H,12,14). The van der Waals surface area contributed by atoms with Crippen LogP contribution in [0.2, 0.25) is 0 Å². The lowest BCUT2D eigenvalue weighted by atomic mass is 10.1. The lowest BCUT2D eigenvalue weighted by Gasteiger charge is -2.19. The molecule has 2 amide bonds. The maximum absolute atomic E-state index is 11.6. The lowest BCUT2D eigenvalue weighted by molar-refractivity contribution is -0.118. The van der Waals surface area contributed by atoms with Crippen molar-refractivity contribution in [2.24, 2.45) is 5.84 Å². The van der Waals surface area contributed by atoms with Gasteiger partial charge in [0.05, 0.1) is 5.69 Å². The van der Waals surface area contributed by atoms with Gasteiger partial charge in [-0.1, -0.05) is 0 Å². The van der Waals surface area contributed by atoms with Crippen LogP contribution in [0, 0.1) is 0 Å². The van der Waals surface area contributed by atoms with Gasteiger partial charge in [0, 0.05) is 12.6 Å². The predicted molar refractivity (Wildman–Crippen MR) is 56.8 cm³/mol. The molecule has 1 heterocycles. The minimum atomic E-state index is -0.331.